The minimum atomic E-state index is -4.25. The van der Waals surface area contributed by atoms with E-state index in [0.29, 0.717) is 68.1 Å². The van der Waals surface area contributed by atoms with Gasteiger partial charge < -0.3 is 19.3 Å². The van der Waals surface area contributed by atoms with Crippen molar-refractivity contribution in [1.29, 1.82) is 0 Å². The summed E-state index contributed by atoms with van der Waals surface area (Å²) in [7, 11) is -1.62. The summed E-state index contributed by atoms with van der Waals surface area (Å²) in [6.45, 7) is 5.80. The Hall–Kier alpha value is -3.50. The minimum absolute atomic E-state index is 0. The molecule has 2 fully saturated rings. The number of carbonyl (C=O) groups excluding carboxylic acids is 2. The molecule has 2 saturated heterocycles. The summed E-state index contributed by atoms with van der Waals surface area (Å²) in [6.07, 6.45) is 0. The van der Waals surface area contributed by atoms with Crippen LogP contribution >= 0.6 is 35.6 Å². The van der Waals surface area contributed by atoms with Gasteiger partial charge in [-0.3, -0.25) is 19.6 Å². The largest absolute Gasteiger partial charge is 0.493 e. The fourth-order valence-corrected chi connectivity index (χ4v) is 7.80. The molecule has 2 atom stereocenters. The van der Waals surface area contributed by atoms with E-state index in [4.69, 9.17) is 37.7 Å². The first kappa shape index (κ1) is 40.7. The van der Waals surface area contributed by atoms with Crippen LogP contribution < -0.4 is 4.74 Å². The molecule has 12 nitrogen and oxygen atoms in total. The van der Waals surface area contributed by atoms with E-state index in [-0.39, 0.29) is 48.6 Å². The minimum Gasteiger partial charge on any atom is -0.493 e. The number of amides is 3. The zero-order valence-corrected chi connectivity index (χ0v) is 32.7. The Labute approximate surface area is 325 Å². The number of morpholine rings is 1. The molecule has 0 aromatic heterocycles. The number of carbonyl (C=O) groups is 2. The number of nitrogens with zero attached hydrogens (tertiary/aromatic N) is 6. The number of hydrogen-bond acceptors (Lipinski definition) is 8. The second-order valence-corrected chi connectivity index (χ2v) is 15.8. The second-order valence-electron chi connectivity index (χ2n) is 12.9. The maximum atomic E-state index is 15.6. The molecule has 0 saturated carbocycles. The number of piperazine rings is 1. The highest BCUT2D eigenvalue weighted by Crippen LogP contribution is 2.46. The van der Waals surface area contributed by atoms with Crippen LogP contribution in [0.15, 0.2) is 70.6 Å². The van der Waals surface area contributed by atoms with E-state index in [1.165, 1.54) is 20.2 Å². The molecule has 0 unspecified atom stereocenters. The van der Waals surface area contributed by atoms with Crippen LogP contribution in [0.2, 0.25) is 10.0 Å². The van der Waals surface area contributed by atoms with Crippen molar-refractivity contribution in [3.05, 3.63) is 93.2 Å². The lowest BCUT2D eigenvalue weighted by Crippen LogP contribution is -2.56. The summed E-state index contributed by atoms with van der Waals surface area (Å²) in [5.41, 5.74) is 1.60. The van der Waals surface area contributed by atoms with E-state index in [2.05, 4.69) is 0 Å². The standard InChI is InChI=1S/C36H41Cl2FN6O6S.ClH/c1-4-51-30-22-29(39)31(52(48,49)41(2)3)21-28(30)35-40-33(24-5-9-26(37)10-6-24)34(25-7-11-27(38)12-8-25)45(35)36(47)44-15-13-42(14-16-44)23-32(46)43-17-19-50-20-18-43;/h5-12,21-22,33-34H,4,13-20,23H2,1-3H3;1H/t33-,34+;/m0./s1. The van der Waals surface area contributed by atoms with Crippen LogP contribution in [0, 0.1) is 5.82 Å². The van der Waals surface area contributed by atoms with Crippen molar-refractivity contribution >= 4 is 63.4 Å². The van der Waals surface area contributed by atoms with Crippen LogP contribution in [0.3, 0.4) is 0 Å². The summed E-state index contributed by atoms with van der Waals surface area (Å²) < 4.78 is 54.5. The first-order valence-electron chi connectivity index (χ1n) is 17.0. The molecule has 0 spiro atoms. The third kappa shape index (κ3) is 8.75. The lowest BCUT2D eigenvalue weighted by molar-refractivity contribution is -0.136. The highest BCUT2D eigenvalue weighted by molar-refractivity contribution is 7.89. The molecule has 3 aliphatic rings. The normalized spacial score (nSPS) is 19.6. The number of urea groups is 1. The molecule has 0 aliphatic carbocycles. The van der Waals surface area contributed by atoms with E-state index in [9.17, 15) is 18.0 Å². The van der Waals surface area contributed by atoms with Gasteiger partial charge in [0.1, 0.15) is 28.3 Å². The Morgan fingerprint density at radius 3 is 2.06 bits per heavy atom. The Bertz CT molecular complexity index is 1920. The molecule has 53 heavy (non-hydrogen) atoms. The number of hydrogen-bond donors (Lipinski definition) is 0. The van der Waals surface area contributed by atoms with E-state index in [1.54, 1.807) is 45.9 Å². The molecule has 3 aromatic carbocycles. The van der Waals surface area contributed by atoms with Crippen molar-refractivity contribution in [1.82, 2.24) is 23.9 Å². The molecule has 0 N–H and O–H groups in total. The molecule has 286 valence electrons. The molecule has 3 amide bonds. The predicted molar refractivity (Wildman–Crippen MR) is 203 cm³/mol. The molecule has 3 aliphatic heterocycles. The summed E-state index contributed by atoms with van der Waals surface area (Å²) in [4.78, 5) is 39.5. The maximum absolute atomic E-state index is 15.6. The lowest BCUT2D eigenvalue weighted by Gasteiger charge is -2.39. The second kappa shape index (κ2) is 17.3. The Morgan fingerprint density at radius 1 is 0.906 bits per heavy atom. The molecule has 17 heteroatoms. The number of sulfonamides is 1. The van der Waals surface area contributed by atoms with Gasteiger partial charge in [0, 0.05) is 69.5 Å². The van der Waals surface area contributed by atoms with Crippen LogP contribution in [-0.2, 0) is 19.6 Å². The van der Waals surface area contributed by atoms with Crippen molar-refractivity contribution in [3.63, 3.8) is 0 Å². The van der Waals surface area contributed by atoms with Gasteiger partial charge in [-0.15, -0.1) is 12.4 Å². The van der Waals surface area contributed by atoms with Crippen LogP contribution in [0.25, 0.3) is 0 Å². The number of aliphatic imine (C=N–C) groups is 1. The van der Waals surface area contributed by atoms with E-state index >= 15 is 4.39 Å². The molecule has 0 radical (unpaired) electrons. The summed E-state index contributed by atoms with van der Waals surface area (Å²) in [6, 6.07) is 14.6. The number of benzene rings is 3. The fraction of sp³-hybridized carbons (Fsp3) is 0.417. The molecule has 6 rings (SSSR count). The molecule has 3 aromatic rings. The number of ether oxygens (including phenoxy) is 2. The van der Waals surface area contributed by atoms with E-state index < -0.39 is 38.9 Å². The number of rotatable bonds is 9. The Balaban J connectivity index is 0.00000541. The zero-order chi connectivity index (χ0) is 37.2. The number of halogens is 4. The van der Waals surface area contributed by atoms with Gasteiger partial charge in [-0.2, -0.15) is 0 Å². The molecule has 0 bridgehead atoms. The highest BCUT2D eigenvalue weighted by atomic mass is 35.5. The van der Waals surface area contributed by atoms with Gasteiger partial charge in [-0.1, -0.05) is 47.5 Å². The Morgan fingerprint density at radius 2 is 1.49 bits per heavy atom. The molecular formula is C36H42Cl3FN6O6S. The molecular weight excluding hydrogens is 770 g/mol. The van der Waals surface area contributed by atoms with Gasteiger partial charge >= 0.3 is 6.03 Å². The third-order valence-corrected chi connectivity index (χ3v) is 11.7. The Kier molecular flexibility index (Phi) is 13.3. The van der Waals surface area contributed by atoms with Crippen LogP contribution in [-0.4, -0.2) is 130 Å². The monoisotopic (exact) mass is 810 g/mol. The average molecular weight is 812 g/mol. The fourth-order valence-electron chi connectivity index (χ4n) is 6.59. The van der Waals surface area contributed by atoms with Crippen LogP contribution in [0.1, 0.15) is 35.7 Å². The smallest absolute Gasteiger partial charge is 0.326 e. The average Bonchev–Trinajstić information content (AvgIpc) is 3.53. The van der Waals surface area contributed by atoms with Crippen molar-refractivity contribution < 1.29 is 31.9 Å². The topological polar surface area (TPSA) is 115 Å². The first-order valence-corrected chi connectivity index (χ1v) is 19.2. The summed E-state index contributed by atoms with van der Waals surface area (Å²) in [5.74, 6) is -0.821. The first-order chi connectivity index (χ1) is 24.9. The predicted octanol–water partition coefficient (Wildman–Crippen LogP) is 5.34. The summed E-state index contributed by atoms with van der Waals surface area (Å²) in [5, 5.41) is 1.02. The highest BCUT2D eigenvalue weighted by Gasteiger charge is 2.45. The van der Waals surface area contributed by atoms with Gasteiger partial charge in [-0.05, 0) is 48.4 Å². The van der Waals surface area contributed by atoms with Crippen molar-refractivity contribution in [3.8, 4) is 5.75 Å². The van der Waals surface area contributed by atoms with Gasteiger partial charge in [-0.25, -0.2) is 21.9 Å². The third-order valence-electron chi connectivity index (χ3n) is 9.39. The van der Waals surface area contributed by atoms with Gasteiger partial charge in [0.2, 0.25) is 15.9 Å². The summed E-state index contributed by atoms with van der Waals surface area (Å²) >= 11 is 12.6. The number of amidine groups is 1. The van der Waals surface area contributed by atoms with E-state index in [0.717, 1.165) is 15.9 Å². The van der Waals surface area contributed by atoms with Crippen LogP contribution in [0.5, 0.6) is 5.75 Å². The maximum Gasteiger partial charge on any atom is 0.326 e. The van der Waals surface area contributed by atoms with Crippen molar-refractivity contribution in [2.45, 2.75) is 23.9 Å². The van der Waals surface area contributed by atoms with Gasteiger partial charge in [0.25, 0.3) is 0 Å². The molecule has 3 heterocycles. The SMILES string of the molecule is CCOc1cc(F)c(S(=O)(=O)N(C)C)cc1C1=N[C@@H](c2ccc(Cl)cc2)[C@@H](c2ccc(Cl)cc2)N1C(=O)N1CCN(CC(=O)N2CCOCC2)CC1.Cl. The zero-order valence-electron chi connectivity index (χ0n) is 29.6. The van der Waals surface area contributed by atoms with E-state index in [1.807, 2.05) is 29.2 Å². The quantitative estimate of drug-likeness (QED) is 0.287. The van der Waals surface area contributed by atoms with Crippen LogP contribution in [0.4, 0.5) is 9.18 Å². The van der Waals surface area contributed by atoms with Gasteiger partial charge in [0.15, 0.2) is 0 Å². The van der Waals surface area contributed by atoms with Gasteiger partial charge in [0.05, 0.1) is 38.0 Å². The van der Waals surface area contributed by atoms with Crippen molar-refractivity contribution in [2.24, 2.45) is 4.99 Å². The lowest BCUT2D eigenvalue weighted by atomic mass is 9.93. The van der Waals surface area contributed by atoms with Crippen molar-refractivity contribution in [2.75, 3.05) is 79.7 Å².